The van der Waals surface area contributed by atoms with Crippen LogP contribution in [0.2, 0.25) is 0 Å². The van der Waals surface area contributed by atoms with Gasteiger partial charge < -0.3 is 39.3 Å². The van der Waals surface area contributed by atoms with Gasteiger partial charge in [0.2, 0.25) is 23.5 Å². The number of β-lactam (4-membered cyclic amide) rings is 1. The molecule has 250 valence electrons. The number of carboxylic acid groups (broad SMARTS) is 2. The maximum absolute atomic E-state index is 13.4. The highest BCUT2D eigenvalue weighted by Crippen LogP contribution is 2.45. The van der Waals surface area contributed by atoms with Gasteiger partial charge in [-0.2, -0.15) is 9.36 Å². The van der Waals surface area contributed by atoms with E-state index in [2.05, 4.69) is 25.1 Å². The topological polar surface area (TPSA) is 261 Å². The maximum atomic E-state index is 13.4. The Kier molecular flexibility index (Phi) is 11.0. The van der Waals surface area contributed by atoms with E-state index in [1.54, 1.807) is 22.6 Å². The van der Waals surface area contributed by atoms with Crippen LogP contribution >= 0.6 is 23.3 Å². The smallest absolute Gasteiger partial charge is 0.352 e. The molecule has 3 amide bonds. The van der Waals surface area contributed by atoms with Crippen molar-refractivity contribution in [3.05, 3.63) is 30.7 Å². The fraction of sp³-hybridized carbons (Fsp3) is 0.462. The third-order valence-corrected chi connectivity index (χ3v) is 8.93. The Morgan fingerprint density at radius 1 is 1.26 bits per heavy atom. The van der Waals surface area contributed by atoms with Gasteiger partial charge in [0, 0.05) is 35.8 Å². The summed E-state index contributed by atoms with van der Waals surface area (Å²) in [5, 5.41) is 27.9. The van der Waals surface area contributed by atoms with Crippen molar-refractivity contribution in [3.63, 3.8) is 0 Å². The number of nitrogens with zero attached hydrogens (tertiary/aromatic N) is 6. The summed E-state index contributed by atoms with van der Waals surface area (Å²) in [7, 11) is 1.64. The highest BCUT2D eigenvalue weighted by atomic mass is 32.2. The molecule has 4 heterocycles. The number of carboxylic acids is 2. The molecule has 0 aromatic carbocycles. The Hall–Kier alpha value is -4.72. The Morgan fingerprint density at radius 3 is 2.54 bits per heavy atom. The molecule has 0 aliphatic carbocycles. The summed E-state index contributed by atoms with van der Waals surface area (Å²) in [5.74, 6) is -4.58. The normalized spacial score (nSPS) is 17.9. The first-order chi connectivity index (χ1) is 21.2. The van der Waals surface area contributed by atoms with Crippen LogP contribution in [-0.2, 0) is 37.6 Å². The van der Waals surface area contributed by atoms with Crippen molar-refractivity contribution in [2.45, 2.75) is 51.1 Å². The zero-order valence-electron chi connectivity index (χ0n) is 25.8. The molecule has 0 radical (unpaired) electrons. The zero-order valence-corrected chi connectivity index (χ0v) is 27.4. The van der Waals surface area contributed by atoms with Gasteiger partial charge >= 0.3 is 18.0 Å². The van der Waals surface area contributed by atoms with Gasteiger partial charge in [0.15, 0.2) is 34.7 Å². The Bertz CT molecular complexity index is 1610. The molecule has 8 N–H and O–H groups in total. The minimum absolute atomic E-state index is 0. The number of rotatable bonds is 13. The number of ketones is 1. The van der Waals surface area contributed by atoms with Crippen molar-refractivity contribution in [3.8, 4) is 0 Å². The molecule has 2 atom stereocenters. The van der Waals surface area contributed by atoms with Crippen LogP contribution in [0.5, 0.6) is 0 Å². The van der Waals surface area contributed by atoms with Gasteiger partial charge in [-0.1, -0.05) is 12.1 Å². The lowest BCUT2D eigenvalue weighted by atomic mass is 9.89. The predicted octanol–water partition coefficient (Wildman–Crippen LogP) is 0.424. The van der Waals surface area contributed by atoms with Crippen molar-refractivity contribution in [1.29, 1.82) is 0 Å². The third kappa shape index (κ3) is 7.22. The van der Waals surface area contributed by atoms with Crippen LogP contribution < -0.4 is 26.8 Å². The van der Waals surface area contributed by atoms with Gasteiger partial charge in [0.05, 0.1) is 18.3 Å². The predicted molar refractivity (Wildman–Crippen MR) is 168 cm³/mol. The van der Waals surface area contributed by atoms with E-state index in [0.717, 1.165) is 22.9 Å². The summed E-state index contributed by atoms with van der Waals surface area (Å²) in [6.07, 6.45) is 1.93. The van der Waals surface area contributed by atoms with Gasteiger partial charge in [-0.05, 0) is 20.3 Å². The molecule has 18 nitrogen and oxygen atoms in total. The summed E-state index contributed by atoms with van der Waals surface area (Å²) in [5.41, 5.74) is 10.2. The van der Waals surface area contributed by atoms with Crippen LogP contribution in [0.1, 0.15) is 39.4 Å². The monoisotopic (exact) mass is 680 g/mol. The number of amides is 3. The molecule has 2 aliphatic heterocycles. The zero-order chi connectivity index (χ0) is 33.2. The molecular weight excluding hydrogens is 644 g/mol. The average molecular weight is 681 g/mol. The molecule has 1 saturated heterocycles. The lowest BCUT2D eigenvalue weighted by Gasteiger charge is -2.49. The molecule has 2 aromatic heterocycles. The number of aliphatic carboxylic acids is 2. The third-order valence-electron chi connectivity index (χ3n) is 6.99. The van der Waals surface area contributed by atoms with E-state index in [9.17, 15) is 34.2 Å². The number of aromatic nitrogens is 4. The molecule has 2 aromatic rings. The summed E-state index contributed by atoms with van der Waals surface area (Å²) in [6.45, 7) is 4.91. The van der Waals surface area contributed by atoms with E-state index < -0.39 is 52.3 Å². The van der Waals surface area contributed by atoms with Crippen LogP contribution in [0.25, 0.3) is 0 Å². The lowest BCUT2D eigenvalue weighted by Crippen LogP contribution is -2.62. The van der Waals surface area contributed by atoms with Gasteiger partial charge in [-0.15, -0.1) is 21.1 Å². The number of thioether (sulfide) groups is 1. The van der Waals surface area contributed by atoms with E-state index in [1.165, 1.54) is 25.6 Å². The largest absolute Gasteiger partial charge is 0.478 e. The number of nitrogens with one attached hydrogen (secondary N) is 2. The SMILES string of the molecule is CCCNC(=O)Nc1c[n+](CC2=C(C(=O)O)N3C(=O)[C@@H](CC(=O)/C(=N\OC(C)(C)C(=O)O)c4nsc(N)n4)[C@H]3SC2)n(C)c1N.[CH3-]. The highest BCUT2D eigenvalue weighted by molar-refractivity contribution is 8.00. The number of hydrogen-bond donors (Lipinski definition) is 6. The van der Waals surface area contributed by atoms with Crippen LogP contribution in [0.4, 0.5) is 21.4 Å². The molecule has 0 saturated carbocycles. The van der Waals surface area contributed by atoms with Gasteiger partial charge in [0.25, 0.3) is 0 Å². The number of nitrogen functional groups attached to an aromatic ring is 2. The number of nitrogens with two attached hydrogens (primary N) is 2. The molecule has 0 bridgehead atoms. The van der Waals surface area contributed by atoms with E-state index in [1.807, 2.05) is 6.92 Å². The lowest BCUT2D eigenvalue weighted by molar-refractivity contribution is -0.765. The molecule has 0 unspecified atom stereocenters. The standard InChI is InChI=1S/C25H32N10O8S2.CH3/c1-5-6-28-24(42)29-13-9-34(33(4)17(13)26)8-11-10-44-20-12(19(37)35(20)16(11)21(38)39)7-14(36)15(18-30-23(27)45-32-18)31-43-25(2,3)22(40)41;/h9,12,20,26H,5-8,10H2,1-4H3,(H6,27,28,29,30,32,38,39,40,41,42);1H3/q;-1/p+1/b31-15+;/t12-,20-;/m1./s1. The molecule has 20 heteroatoms. The maximum Gasteiger partial charge on any atom is 0.352 e. The van der Waals surface area contributed by atoms with Crippen molar-refractivity contribution in [2.24, 2.45) is 18.1 Å². The Morgan fingerprint density at radius 2 is 1.96 bits per heavy atom. The molecule has 46 heavy (non-hydrogen) atoms. The second kappa shape index (κ2) is 14.1. The highest BCUT2D eigenvalue weighted by Gasteiger charge is 2.54. The van der Waals surface area contributed by atoms with E-state index in [4.69, 9.17) is 16.3 Å². The van der Waals surface area contributed by atoms with E-state index >= 15 is 0 Å². The number of carbonyl (C=O) groups is 5. The van der Waals surface area contributed by atoms with E-state index in [-0.39, 0.29) is 48.6 Å². The van der Waals surface area contributed by atoms with Crippen molar-refractivity contribution in [2.75, 3.05) is 29.1 Å². The molecular formula is C26H36N10O8S2. The quantitative estimate of drug-likeness (QED) is 0.0552. The second-order valence-corrected chi connectivity index (χ2v) is 12.5. The molecule has 2 aliphatic rings. The van der Waals surface area contributed by atoms with Crippen LogP contribution in [0.3, 0.4) is 0 Å². The van der Waals surface area contributed by atoms with E-state index in [0.29, 0.717) is 17.8 Å². The second-order valence-electron chi connectivity index (χ2n) is 10.6. The fourth-order valence-electron chi connectivity index (χ4n) is 4.45. The number of carbonyl (C=O) groups excluding carboxylic acids is 3. The number of anilines is 3. The summed E-state index contributed by atoms with van der Waals surface area (Å²) in [6, 6.07) is -0.436. The molecule has 0 spiro atoms. The Balaban J connectivity index is 0.00000576. The van der Waals surface area contributed by atoms with Crippen molar-refractivity contribution in [1.82, 2.24) is 24.3 Å². The number of urea groups is 1. The first-order valence-electron chi connectivity index (χ1n) is 13.6. The van der Waals surface area contributed by atoms with Crippen LogP contribution in [-0.4, -0.2) is 87.8 Å². The summed E-state index contributed by atoms with van der Waals surface area (Å²) < 4.78 is 7.13. The number of oxime groups is 1. The van der Waals surface area contributed by atoms with Gasteiger partial charge in [0.1, 0.15) is 5.70 Å². The molecule has 1 fully saturated rings. The van der Waals surface area contributed by atoms with Gasteiger partial charge in [-0.3, -0.25) is 19.8 Å². The average Bonchev–Trinajstić information content (AvgIpc) is 3.52. The number of hydrogen-bond acceptors (Lipinski definition) is 13. The first kappa shape index (κ1) is 35.8. The van der Waals surface area contributed by atoms with Crippen molar-refractivity contribution >= 4 is 75.3 Å². The number of Topliss-reactive ketones (excluding diaryl/α,β-unsaturated/α-hetero) is 1. The minimum atomic E-state index is -1.79. The van der Waals surface area contributed by atoms with Crippen LogP contribution in [0.15, 0.2) is 22.6 Å². The number of fused-ring (bicyclic) bond motifs is 1. The summed E-state index contributed by atoms with van der Waals surface area (Å²) in [4.78, 5) is 72.9. The summed E-state index contributed by atoms with van der Waals surface area (Å²) >= 11 is 2.07. The fourth-order valence-corrected chi connectivity index (χ4v) is 6.28. The molecule has 4 rings (SSSR count). The van der Waals surface area contributed by atoms with Crippen molar-refractivity contribution < 1.29 is 43.7 Å². The van der Waals surface area contributed by atoms with Gasteiger partial charge in [-0.25, -0.2) is 14.4 Å². The first-order valence-corrected chi connectivity index (χ1v) is 15.4. The minimum Gasteiger partial charge on any atom is -0.478 e. The Labute approximate surface area is 272 Å². The van der Waals surface area contributed by atoms with Crippen LogP contribution in [0, 0.1) is 13.3 Å².